The van der Waals surface area contributed by atoms with E-state index in [1.807, 2.05) is 25.6 Å². The molecular weight excluding hydrogens is 278 g/mol. The van der Waals surface area contributed by atoms with Crippen LogP contribution in [0.2, 0.25) is 0 Å². The van der Waals surface area contributed by atoms with E-state index in [1.165, 1.54) is 0 Å². The lowest BCUT2D eigenvalue weighted by Crippen LogP contribution is -2.10. The topological polar surface area (TPSA) is 49.7 Å². The van der Waals surface area contributed by atoms with Crippen molar-refractivity contribution in [3.63, 3.8) is 0 Å². The highest BCUT2D eigenvalue weighted by atomic mass is 32.1. The highest BCUT2D eigenvalue weighted by Crippen LogP contribution is 2.30. The predicted molar refractivity (Wildman–Crippen MR) is 81.0 cm³/mol. The third-order valence-electron chi connectivity index (χ3n) is 2.72. The van der Waals surface area contributed by atoms with Crippen LogP contribution in [-0.2, 0) is 6.54 Å². The van der Waals surface area contributed by atoms with Crippen LogP contribution in [0.3, 0.4) is 0 Å². The summed E-state index contributed by atoms with van der Waals surface area (Å²) >= 11 is 6.97. The van der Waals surface area contributed by atoms with Gasteiger partial charge in [0.1, 0.15) is 5.01 Å². The lowest BCUT2D eigenvalue weighted by atomic mass is 10.3. The first-order chi connectivity index (χ1) is 8.90. The Bertz CT molecular complexity index is 620. The molecule has 0 aliphatic heterocycles. The van der Waals surface area contributed by atoms with E-state index in [1.54, 1.807) is 11.3 Å². The van der Waals surface area contributed by atoms with Gasteiger partial charge in [-0.1, -0.05) is 0 Å². The van der Waals surface area contributed by atoms with Gasteiger partial charge in [0.05, 0.1) is 10.6 Å². The van der Waals surface area contributed by atoms with E-state index in [9.17, 15) is 0 Å². The number of hydrogen-bond donors (Lipinski definition) is 1. The molecule has 2 aromatic heterocycles. The monoisotopic (exact) mass is 297 g/mol. The summed E-state index contributed by atoms with van der Waals surface area (Å²) in [5.74, 6) is 0.889. The van der Waals surface area contributed by atoms with Crippen molar-refractivity contribution in [2.75, 3.05) is 14.1 Å². The van der Waals surface area contributed by atoms with Crippen molar-refractivity contribution in [3.8, 4) is 10.7 Å². The van der Waals surface area contributed by atoms with E-state index in [4.69, 9.17) is 12.2 Å². The largest absolute Gasteiger partial charge is 0.303 e. The fraction of sp³-hybridized carbons (Fsp3) is 0.583. The first kappa shape index (κ1) is 14.4. The molecule has 0 aliphatic carbocycles. The maximum absolute atomic E-state index is 5.29. The molecule has 5 nitrogen and oxygen atoms in total. The molecule has 2 aromatic rings. The van der Waals surface area contributed by atoms with E-state index in [0.29, 0.717) is 4.77 Å². The van der Waals surface area contributed by atoms with Gasteiger partial charge in [0.2, 0.25) is 0 Å². The normalized spacial score (nSPS) is 11.7. The summed E-state index contributed by atoms with van der Waals surface area (Å²) in [4.78, 5) is 7.82. The second-order valence-electron chi connectivity index (χ2n) is 5.08. The van der Waals surface area contributed by atoms with E-state index < -0.39 is 0 Å². The van der Waals surface area contributed by atoms with Gasteiger partial charge in [-0.05, 0) is 47.1 Å². The van der Waals surface area contributed by atoms with Crippen LogP contribution in [0.25, 0.3) is 10.7 Å². The molecule has 0 radical (unpaired) electrons. The summed E-state index contributed by atoms with van der Waals surface area (Å²) in [6, 6.07) is 0.278. The Kier molecular flexibility index (Phi) is 4.17. The van der Waals surface area contributed by atoms with Crippen molar-refractivity contribution in [3.05, 3.63) is 15.5 Å². The quantitative estimate of drug-likeness (QED) is 0.881. The maximum atomic E-state index is 5.29. The number of aryl methyl sites for hydroxylation is 1. The molecule has 0 aliphatic rings. The second kappa shape index (κ2) is 5.52. The summed E-state index contributed by atoms with van der Waals surface area (Å²) in [6.45, 7) is 7.07. The van der Waals surface area contributed by atoms with Gasteiger partial charge in [-0.25, -0.2) is 4.98 Å². The van der Waals surface area contributed by atoms with E-state index in [-0.39, 0.29) is 6.04 Å². The minimum absolute atomic E-state index is 0.278. The van der Waals surface area contributed by atoms with Crippen LogP contribution in [0.5, 0.6) is 0 Å². The molecule has 0 bridgehead atoms. The average Bonchev–Trinajstić information content (AvgIpc) is 2.81. The SMILES string of the molecule is Cc1nc(CN(C)C)sc1-c1n[nH]c(=S)n1C(C)C. The number of nitrogens with one attached hydrogen (secondary N) is 1. The third kappa shape index (κ3) is 2.93. The Morgan fingerprint density at radius 3 is 2.68 bits per heavy atom. The van der Waals surface area contributed by atoms with E-state index in [0.717, 1.165) is 27.9 Å². The Balaban J connectivity index is 2.48. The summed E-state index contributed by atoms with van der Waals surface area (Å²) in [5, 5.41) is 8.34. The van der Waals surface area contributed by atoms with E-state index >= 15 is 0 Å². The molecule has 0 saturated carbocycles. The number of thiazole rings is 1. The van der Waals surface area contributed by atoms with Crippen molar-refractivity contribution in [1.29, 1.82) is 0 Å². The minimum atomic E-state index is 0.278. The van der Waals surface area contributed by atoms with Crippen molar-refractivity contribution in [1.82, 2.24) is 24.6 Å². The number of hydrogen-bond acceptors (Lipinski definition) is 5. The summed E-state index contributed by atoms with van der Waals surface area (Å²) in [7, 11) is 4.08. The Hall–Kier alpha value is -1.05. The van der Waals surface area contributed by atoms with Crippen molar-refractivity contribution in [2.24, 2.45) is 0 Å². The van der Waals surface area contributed by atoms with Crippen LogP contribution in [0, 0.1) is 11.7 Å². The molecule has 104 valence electrons. The van der Waals surface area contributed by atoms with Gasteiger partial charge in [-0.15, -0.1) is 11.3 Å². The molecular formula is C12H19N5S2. The molecule has 0 amide bonds. The molecule has 0 aromatic carbocycles. The molecule has 2 heterocycles. The zero-order valence-electron chi connectivity index (χ0n) is 11.9. The highest BCUT2D eigenvalue weighted by molar-refractivity contribution is 7.71. The average molecular weight is 297 g/mol. The summed E-state index contributed by atoms with van der Waals surface area (Å²) < 4.78 is 2.70. The predicted octanol–water partition coefficient (Wildman–Crippen LogP) is 3.02. The molecule has 2 rings (SSSR count). The molecule has 19 heavy (non-hydrogen) atoms. The minimum Gasteiger partial charge on any atom is -0.303 e. The smallest absolute Gasteiger partial charge is 0.195 e. The van der Waals surface area contributed by atoms with Crippen molar-refractivity contribution in [2.45, 2.75) is 33.4 Å². The summed E-state index contributed by atoms with van der Waals surface area (Å²) in [6.07, 6.45) is 0. The Morgan fingerprint density at radius 1 is 1.42 bits per heavy atom. The molecule has 0 unspecified atom stereocenters. The summed E-state index contributed by atoms with van der Waals surface area (Å²) in [5.41, 5.74) is 1.01. The molecule has 0 saturated heterocycles. The third-order valence-corrected chi connectivity index (χ3v) is 4.14. The molecule has 0 atom stereocenters. The lowest BCUT2D eigenvalue weighted by Gasteiger charge is -2.09. The van der Waals surface area contributed by atoms with Crippen molar-refractivity contribution >= 4 is 23.6 Å². The number of aromatic nitrogens is 4. The van der Waals surface area contributed by atoms with Crippen LogP contribution in [-0.4, -0.2) is 38.7 Å². The van der Waals surface area contributed by atoms with Gasteiger partial charge < -0.3 is 4.90 Å². The molecule has 7 heteroatoms. The first-order valence-electron chi connectivity index (χ1n) is 6.18. The van der Waals surface area contributed by atoms with Gasteiger partial charge in [-0.3, -0.25) is 9.67 Å². The van der Waals surface area contributed by atoms with Crippen LogP contribution in [0.15, 0.2) is 0 Å². The van der Waals surface area contributed by atoms with Crippen LogP contribution < -0.4 is 0 Å². The zero-order chi connectivity index (χ0) is 14.2. The Morgan fingerprint density at radius 2 is 2.11 bits per heavy atom. The van der Waals surface area contributed by atoms with Gasteiger partial charge in [0.25, 0.3) is 0 Å². The first-order valence-corrected chi connectivity index (χ1v) is 7.41. The van der Waals surface area contributed by atoms with Gasteiger partial charge in [0.15, 0.2) is 10.6 Å². The Labute approximate surface area is 122 Å². The van der Waals surface area contributed by atoms with E-state index in [2.05, 4.69) is 33.9 Å². The van der Waals surface area contributed by atoms with Crippen LogP contribution in [0.1, 0.15) is 30.6 Å². The number of rotatable bonds is 4. The number of nitrogens with zero attached hydrogens (tertiary/aromatic N) is 4. The van der Waals surface area contributed by atoms with Crippen LogP contribution in [0.4, 0.5) is 0 Å². The number of H-pyrrole nitrogens is 1. The standard InChI is InChI=1S/C12H19N5S2/c1-7(2)17-11(14-15-12(17)18)10-8(3)13-9(19-10)6-16(4)5/h7H,6H2,1-5H3,(H,15,18). The van der Waals surface area contributed by atoms with Gasteiger partial charge >= 0.3 is 0 Å². The fourth-order valence-corrected chi connectivity index (χ4v) is 3.45. The maximum Gasteiger partial charge on any atom is 0.195 e. The second-order valence-corrected chi connectivity index (χ2v) is 6.55. The van der Waals surface area contributed by atoms with Crippen LogP contribution >= 0.6 is 23.6 Å². The van der Waals surface area contributed by atoms with Gasteiger partial charge in [-0.2, -0.15) is 5.10 Å². The zero-order valence-corrected chi connectivity index (χ0v) is 13.5. The highest BCUT2D eigenvalue weighted by Gasteiger charge is 2.17. The molecule has 0 spiro atoms. The lowest BCUT2D eigenvalue weighted by molar-refractivity contribution is 0.401. The van der Waals surface area contributed by atoms with Crippen molar-refractivity contribution < 1.29 is 0 Å². The fourth-order valence-electron chi connectivity index (χ4n) is 1.94. The van der Waals surface area contributed by atoms with Gasteiger partial charge in [0, 0.05) is 12.6 Å². The number of aromatic amines is 1. The molecule has 0 fully saturated rings. The molecule has 1 N–H and O–H groups in total.